The zero-order valence-corrected chi connectivity index (χ0v) is 10.8. The number of hydrogen-bond acceptors (Lipinski definition) is 4. The van der Waals surface area contributed by atoms with E-state index >= 15 is 0 Å². The Hall–Kier alpha value is -0.684. The maximum atomic E-state index is 5.43. The van der Waals surface area contributed by atoms with Crippen LogP contribution in [-0.4, -0.2) is 45.0 Å². The summed E-state index contributed by atoms with van der Waals surface area (Å²) in [6, 6.07) is 3.09. The van der Waals surface area contributed by atoms with Gasteiger partial charge in [-0.3, -0.25) is 0 Å². The molecule has 0 atom stereocenters. The summed E-state index contributed by atoms with van der Waals surface area (Å²) < 4.78 is 0. The Balaban J connectivity index is -0.0000000208. The van der Waals surface area contributed by atoms with Crippen molar-refractivity contribution in [3.63, 3.8) is 0 Å². The number of nitrogen functional groups attached to an aromatic ring is 4. The predicted molar refractivity (Wildman–Crippen MR) is 73.8 cm³/mol. The summed E-state index contributed by atoms with van der Waals surface area (Å²) in [5.74, 6) is 0. The third-order valence-corrected chi connectivity index (χ3v) is 1.29. The molecule has 8 nitrogen and oxygen atoms in total. The normalized spacial score (nSPS) is 6.00. The van der Waals surface area contributed by atoms with Gasteiger partial charge in [-0.1, -0.05) is 0 Å². The topological polar surface area (TPSA) is 230 Å². The summed E-state index contributed by atoms with van der Waals surface area (Å²) in [6.45, 7) is 0. The fourth-order valence-electron chi connectivity index (χ4n) is 0.668. The number of halogens is 1. The summed E-state index contributed by atoms with van der Waals surface area (Å²) in [5, 5.41) is 0. The van der Waals surface area contributed by atoms with Gasteiger partial charge >= 0.3 is 23.1 Å². The van der Waals surface area contributed by atoms with Gasteiger partial charge in [-0.05, 0) is 12.1 Å². The molecule has 0 fully saturated rings. The van der Waals surface area contributed by atoms with Crippen molar-refractivity contribution in [3.8, 4) is 0 Å². The molecule has 10 heteroatoms. The molecule has 0 radical (unpaired) electrons. The number of rotatable bonds is 0. The molecular formula is C6H21ClMgN4O4. The molecule has 0 bridgehead atoms. The van der Waals surface area contributed by atoms with E-state index in [0.717, 1.165) is 0 Å². The Bertz CT molecular complexity index is 238. The fraction of sp³-hybridized carbons (Fsp3) is 0. The molecule has 16 heavy (non-hydrogen) atoms. The molecule has 0 amide bonds. The molecule has 1 aromatic rings. The SMILES string of the molecule is Cl.Nc1cc(N)c(N)cc1N.O.O.O.O.[H-].[H-].[Mg+2]. The van der Waals surface area contributed by atoms with E-state index in [1.807, 2.05) is 0 Å². The summed E-state index contributed by atoms with van der Waals surface area (Å²) in [6.07, 6.45) is 0. The van der Waals surface area contributed by atoms with Gasteiger partial charge in [0.25, 0.3) is 0 Å². The molecule has 0 spiro atoms. The van der Waals surface area contributed by atoms with Crippen LogP contribution in [-0.2, 0) is 0 Å². The average molecular weight is 273 g/mol. The van der Waals surface area contributed by atoms with Crippen LogP contribution in [0.5, 0.6) is 0 Å². The maximum absolute atomic E-state index is 5.43. The first kappa shape index (κ1) is 36.2. The van der Waals surface area contributed by atoms with Gasteiger partial charge in [-0.25, -0.2) is 0 Å². The van der Waals surface area contributed by atoms with Gasteiger partial charge in [0.15, 0.2) is 0 Å². The van der Waals surface area contributed by atoms with Gasteiger partial charge in [0, 0.05) is 0 Å². The Labute approximate surface area is 118 Å². The molecule has 1 rings (SSSR count). The van der Waals surface area contributed by atoms with Crippen LogP contribution in [0.1, 0.15) is 2.85 Å². The molecular weight excluding hydrogens is 252 g/mol. The van der Waals surface area contributed by atoms with Crippen LogP contribution in [0.2, 0.25) is 0 Å². The Kier molecular flexibility index (Phi) is 32.4. The molecule has 0 aliphatic carbocycles. The van der Waals surface area contributed by atoms with E-state index in [-0.39, 0.29) is 60.2 Å². The summed E-state index contributed by atoms with van der Waals surface area (Å²) in [5.41, 5.74) is 23.6. The second-order valence-electron chi connectivity index (χ2n) is 2.11. The minimum atomic E-state index is 0. The predicted octanol–water partition coefficient (Wildman–Crippen LogP) is -3.02. The van der Waals surface area contributed by atoms with Gasteiger partial charge < -0.3 is 47.7 Å². The zero-order valence-electron chi connectivity index (χ0n) is 10.6. The van der Waals surface area contributed by atoms with Crippen molar-refractivity contribution < 1.29 is 24.8 Å². The van der Waals surface area contributed by atoms with Crippen molar-refractivity contribution in [1.29, 1.82) is 0 Å². The summed E-state index contributed by atoms with van der Waals surface area (Å²) in [7, 11) is 0. The molecule has 0 heterocycles. The molecule has 0 aromatic heterocycles. The molecule has 0 aliphatic heterocycles. The van der Waals surface area contributed by atoms with Gasteiger partial charge in [-0.15, -0.1) is 12.4 Å². The van der Waals surface area contributed by atoms with Crippen molar-refractivity contribution in [1.82, 2.24) is 0 Å². The van der Waals surface area contributed by atoms with Gasteiger partial charge in [0.2, 0.25) is 0 Å². The van der Waals surface area contributed by atoms with Crippen LogP contribution in [0.3, 0.4) is 0 Å². The fourth-order valence-corrected chi connectivity index (χ4v) is 0.668. The molecule has 16 N–H and O–H groups in total. The van der Waals surface area contributed by atoms with E-state index in [4.69, 9.17) is 22.9 Å². The minimum absolute atomic E-state index is 0. The van der Waals surface area contributed by atoms with Crippen LogP contribution in [0.15, 0.2) is 12.1 Å². The Morgan fingerprint density at radius 1 is 0.625 bits per heavy atom. The first-order chi connectivity index (χ1) is 4.61. The van der Waals surface area contributed by atoms with E-state index in [1.165, 1.54) is 0 Å². The average Bonchev–Trinajstić information content (AvgIpc) is 1.84. The molecule has 98 valence electrons. The standard InChI is InChI=1S/C6H10N4.ClH.Mg.4H2O.2H/c7-3-1-4(8)6(10)2-5(3)9;;;;;;;;/h1-2H,7-10H2;1H;;4*1H2;;/q;;+2;;;;;2*-1. The minimum Gasteiger partial charge on any atom is -1.00 e. The van der Waals surface area contributed by atoms with Crippen molar-refractivity contribution in [2.45, 2.75) is 0 Å². The quantitative estimate of drug-likeness (QED) is 0.285. The zero-order chi connectivity index (χ0) is 7.72. The van der Waals surface area contributed by atoms with Crippen molar-refractivity contribution in [2.75, 3.05) is 22.9 Å². The molecule has 1 aromatic carbocycles. The molecule has 0 unspecified atom stereocenters. The number of benzene rings is 1. The first-order valence-electron chi connectivity index (χ1n) is 2.81. The van der Waals surface area contributed by atoms with Crippen LogP contribution in [0.25, 0.3) is 0 Å². The van der Waals surface area contributed by atoms with Gasteiger partial charge in [0.1, 0.15) is 0 Å². The molecule has 0 saturated carbocycles. The van der Waals surface area contributed by atoms with Crippen molar-refractivity contribution in [2.24, 2.45) is 0 Å². The monoisotopic (exact) mass is 272 g/mol. The molecule has 0 aliphatic rings. The maximum Gasteiger partial charge on any atom is 2.00 e. The first-order valence-corrected chi connectivity index (χ1v) is 2.81. The largest absolute Gasteiger partial charge is 2.00 e. The van der Waals surface area contributed by atoms with E-state index in [0.29, 0.717) is 22.7 Å². The van der Waals surface area contributed by atoms with Gasteiger partial charge in [-0.2, -0.15) is 0 Å². The van der Waals surface area contributed by atoms with Gasteiger partial charge in [0.05, 0.1) is 22.7 Å². The van der Waals surface area contributed by atoms with Crippen molar-refractivity contribution >= 4 is 58.2 Å². The van der Waals surface area contributed by atoms with Crippen LogP contribution < -0.4 is 22.9 Å². The van der Waals surface area contributed by atoms with E-state index in [9.17, 15) is 0 Å². The van der Waals surface area contributed by atoms with Crippen LogP contribution in [0, 0.1) is 0 Å². The van der Waals surface area contributed by atoms with E-state index < -0.39 is 0 Å². The third kappa shape index (κ3) is 8.61. The second kappa shape index (κ2) is 14.3. The summed E-state index contributed by atoms with van der Waals surface area (Å²) in [4.78, 5) is 0. The van der Waals surface area contributed by atoms with E-state index in [1.54, 1.807) is 12.1 Å². The van der Waals surface area contributed by atoms with Crippen LogP contribution >= 0.6 is 12.4 Å². The number of hydrogen-bond donors (Lipinski definition) is 4. The number of anilines is 4. The van der Waals surface area contributed by atoms with E-state index in [2.05, 4.69) is 0 Å². The Morgan fingerprint density at radius 2 is 0.750 bits per heavy atom. The summed E-state index contributed by atoms with van der Waals surface area (Å²) >= 11 is 0. The van der Waals surface area contributed by atoms with Crippen LogP contribution in [0.4, 0.5) is 22.7 Å². The smallest absolute Gasteiger partial charge is 1.00 e. The second-order valence-corrected chi connectivity index (χ2v) is 2.11. The Morgan fingerprint density at radius 3 is 0.875 bits per heavy atom. The number of nitrogens with two attached hydrogens (primary N) is 4. The molecule has 0 saturated heterocycles. The van der Waals surface area contributed by atoms with Crippen molar-refractivity contribution in [3.05, 3.63) is 12.1 Å². The third-order valence-electron chi connectivity index (χ3n) is 1.29.